The Kier molecular flexibility index (Phi) is 4.49. The van der Waals surface area contributed by atoms with Crippen LogP contribution >= 0.6 is 27.7 Å². The van der Waals surface area contributed by atoms with Crippen molar-refractivity contribution in [3.05, 3.63) is 64.1 Å². The lowest BCUT2D eigenvalue weighted by Gasteiger charge is -2.19. The van der Waals surface area contributed by atoms with E-state index in [2.05, 4.69) is 52.3 Å². The first-order chi connectivity index (χ1) is 9.78. The maximum atomic E-state index is 9.75. The molecular weight excluding hydrogens is 332 g/mol. The van der Waals surface area contributed by atoms with Crippen molar-refractivity contribution in [3.63, 3.8) is 0 Å². The summed E-state index contributed by atoms with van der Waals surface area (Å²) in [6.45, 7) is 0.204. The number of aliphatic hydroxyl groups excluding tert-OH is 1. The molecule has 2 aromatic rings. The second-order valence-electron chi connectivity index (χ2n) is 5.19. The van der Waals surface area contributed by atoms with Crippen LogP contribution in [0.2, 0.25) is 0 Å². The molecule has 0 saturated heterocycles. The minimum Gasteiger partial charge on any atom is -0.396 e. The molecule has 0 aromatic heterocycles. The number of hydrogen-bond acceptors (Lipinski definition) is 2. The molecule has 1 aliphatic heterocycles. The number of aliphatic hydroxyl groups is 1. The summed E-state index contributed by atoms with van der Waals surface area (Å²) in [5.41, 5.74) is 2.66. The van der Waals surface area contributed by atoms with E-state index in [1.807, 2.05) is 23.9 Å². The minimum atomic E-state index is 0.204. The lowest BCUT2D eigenvalue weighted by molar-refractivity contribution is 0.258. The van der Waals surface area contributed by atoms with Gasteiger partial charge in [-0.1, -0.05) is 52.3 Å². The predicted molar refractivity (Wildman–Crippen MR) is 88.4 cm³/mol. The quantitative estimate of drug-likeness (QED) is 0.868. The molecule has 0 saturated carbocycles. The summed E-state index contributed by atoms with van der Waals surface area (Å²) >= 11 is 5.55. The van der Waals surface area contributed by atoms with E-state index in [4.69, 9.17) is 0 Å². The molecule has 2 unspecified atom stereocenters. The number of hydrogen-bond donors (Lipinski definition) is 1. The summed E-state index contributed by atoms with van der Waals surface area (Å²) in [6.07, 6.45) is 2.13. The molecule has 0 fully saturated rings. The molecule has 3 heteroatoms. The van der Waals surface area contributed by atoms with Gasteiger partial charge in [-0.3, -0.25) is 0 Å². The number of halogens is 1. The molecule has 1 nitrogen and oxygen atoms in total. The highest BCUT2D eigenvalue weighted by atomic mass is 79.9. The van der Waals surface area contributed by atoms with Crippen molar-refractivity contribution in [2.75, 3.05) is 6.61 Å². The van der Waals surface area contributed by atoms with Crippen LogP contribution in [0.4, 0.5) is 0 Å². The average Bonchev–Trinajstić information content (AvgIpc) is 2.88. The molecule has 2 aromatic carbocycles. The van der Waals surface area contributed by atoms with Gasteiger partial charge >= 0.3 is 0 Å². The zero-order valence-corrected chi connectivity index (χ0v) is 13.5. The van der Waals surface area contributed by atoms with E-state index < -0.39 is 0 Å². The van der Waals surface area contributed by atoms with Gasteiger partial charge in [-0.05, 0) is 36.1 Å². The fraction of sp³-hybridized carbons (Fsp3) is 0.294. The van der Waals surface area contributed by atoms with Gasteiger partial charge in [0.2, 0.25) is 0 Å². The van der Waals surface area contributed by atoms with E-state index in [1.54, 1.807) is 0 Å². The van der Waals surface area contributed by atoms with Gasteiger partial charge in [-0.2, -0.15) is 0 Å². The zero-order chi connectivity index (χ0) is 13.9. The maximum Gasteiger partial charge on any atom is 0.0500 e. The van der Waals surface area contributed by atoms with Gasteiger partial charge in [0, 0.05) is 20.5 Å². The highest BCUT2D eigenvalue weighted by Crippen LogP contribution is 2.41. The molecule has 1 heterocycles. The molecule has 3 rings (SSSR count). The lowest BCUT2D eigenvalue weighted by atomic mass is 9.93. The number of fused-ring (bicyclic) bond motifs is 1. The summed E-state index contributed by atoms with van der Waals surface area (Å²) < 4.78 is 1.10. The number of thioether (sulfide) groups is 1. The van der Waals surface area contributed by atoms with Gasteiger partial charge in [-0.25, -0.2) is 0 Å². The van der Waals surface area contributed by atoms with Gasteiger partial charge in [-0.15, -0.1) is 11.8 Å². The molecule has 0 amide bonds. The third kappa shape index (κ3) is 2.95. The van der Waals surface area contributed by atoms with Crippen molar-refractivity contribution in [2.24, 2.45) is 0 Å². The Morgan fingerprint density at radius 3 is 2.65 bits per heavy atom. The van der Waals surface area contributed by atoms with Gasteiger partial charge in [0.15, 0.2) is 0 Å². The number of rotatable bonds is 4. The molecule has 0 spiro atoms. The largest absolute Gasteiger partial charge is 0.396 e. The van der Waals surface area contributed by atoms with Crippen molar-refractivity contribution in [1.82, 2.24) is 0 Å². The third-order valence-corrected chi connectivity index (χ3v) is 5.89. The predicted octanol–water partition coefficient (Wildman–Crippen LogP) is 4.63. The van der Waals surface area contributed by atoms with Crippen molar-refractivity contribution in [3.8, 4) is 0 Å². The Hall–Kier alpha value is -0.770. The summed E-state index contributed by atoms with van der Waals surface area (Å²) in [6, 6.07) is 16.8. The van der Waals surface area contributed by atoms with Crippen molar-refractivity contribution < 1.29 is 5.11 Å². The fourth-order valence-corrected chi connectivity index (χ4v) is 4.83. The van der Waals surface area contributed by atoms with E-state index in [1.165, 1.54) is 16.0 Å². The Morgan fingerprint density at radius 2 is 1.90 bits per heavy atom. The van der Waals surface area contributed by atoms with Crippen LogP contribution in [0.5, 0.6) is 0 Å². The fourth-order valence-electron chi connectivity index (χ4n) is 2.81. The average molecular weight is 349 g/mol. The smallest absolute Gasteiger partial charge is 0.0500 e. The summed E-state index contributed by atoms with van der Waals surface area (Å²) in [4.78, 5) is 1.40. The molecule has 20 heavy (non-hydrogen) atoms. The Balaban J connectivity index is 1.73. The van der Waals surface area contributed by atoms with E-state index in [9.17, 15) is 5.11 Å². The second-order valence-corrected chi connectivity index (χ2v) is 7.38. The van der Waals surface area contributed by atoms with Crippen LogP contribution in [0.25, 0.3) is 0 Å². The van der Waals surface area contributed by atoms with E-state index in [-0.39, 0.29) is 12.5 Å². The standard InChI is InChI=1S/C17H17BrOS/c18-16-7-3-2-6-15(16)13(11-19)10-14-9-12-5-1-4-8-17(12)20-14/h1-8,13-14,19H,9-11H2. The van der Waals surface area contributed by atoms with Gasteiger partial charge in [0.1, 0.15) is 0 Å². The maximum absolute atomic E-state index is 9.75. The topological polar surface area (TPSA) is 20.2 Å². The van der Waals surface area contributed by atoms with Gasteiger partial charge in [0.05, 0.1) is 6.61 Å². The van der Waals surface area contributed by atoms with Crippen molar-refractivity contribution in [2.45, 2.75) is 28.9 Å². The van der Waals surface area contributed by atoms with E-state index in [0.717, 1.165) is 17.3 Å². The first-order valence-electron chi connectivity index (χ1n) is 6.87. The molecule has 2 atom stereocenters. The minimum absolute atomic E-state index is 0.204. The summed E-state index contributed by atoms with van der Waals surface area (Å²) in [5.74, 6) is 0.206. The van der Waals surface area contributed by atoms with Crippen molar-refractivity contribution >= 4 is 27.7 Å². The van der Waals surface area contributed by atoms with E-state index in [0.29, 0.717) is 5.25 Å². The first kappa shape index (κ1) is 14.2. The normalized spacial score (nSPS) is 18.8. The van der Waals surface area contributed by atoms with Crippen LogP contribution in [0.15, 0.2) is 57.9 Å². The van der Waals surface area contributed by atoms with Crippen LogP contribution in [0.3, 0.4) is 0 Å². The molecular formula is C17H17BrOS. The van der Waals surface area contributed by atoms with Crippen LogP contribution in [-0.4, -0.2) is 17.0 Å². The molecule has 1 N–H and O–H groups in total. The first-order valence-corrected chi connectivity index (χ1v) is 8.55. The third-order valence-electron chi connectivity index (χ3n) is 3.83. The molecule has 0 aliphatic carbocycles. The Labute approximate surface area is 132 Å². The Morgan fingerprint density at radius 1 is 1.15 bits per heavy atom. The molecule has 0 bridgehead atoms. The number of benzene rings is 2. The van der Waals surface area contributed by atoms with E-state index >= 15 is 0 Å². The summed E-state index contributed by atoms with van der Waals surface area (Å²) in [5, 5.41) is 10.3. The lowest BCUT2D eigenvalue weighted by Crippen LogP contribution is -2.13. The Bertz CT molecular complexity index is 574. The molecule has 0 radical (unpaired) electrons. The van der Waals surface area contributed by atoms with Crippen molar-refractivity contribution in [1.29, 1.82) is 0 Å². The van der Waals surface area contributed by atoms with Gasteiger partial charge < -0.3 is 5.11 Å². The van der Waals surface area contributed by atoms with Crippen LogP contribution < -0.4 is 0 Å². The monoisotopic (exact) mass is 348 g/mol. The summed E-state index contributed by atoms with van der Waals surface area (Å²) in [7, 11) is 0. The SMILES string of the molecule is OCC(CC1Cc2ccccc2S1)c1ccccc1Br. The molecule has 104 valence electrons. The second kappa shape index (κ2) is 6.33. The van der Waals surface area contributed by atoms with Crippen LogP contribution in [-0.2, 0) is 6.42 Å². The zero-order valence-electron chi connectivity index (χ0n) is 11.1. The van der Waals surface area contributed by atoms with Crippen LogP contribution in [0.1, 0.15) is 23.5 Å². The van der Waals surface area contributed by atoms with Gasteiger partial charge in [0.25, 0.3) is 0 Å². The molecule has 1 aliphatic rings. The highest BCUT2D eigenvalue weighted by Gasteiger charge is 2.26. The highest BCUT2D eigenvalue weighted by molar-refractivity contribution is 9.10. The van der Waals surface area contributed by atoms with Crippen LogP contribution in [0, 0.1) is 0 Å².